The Hall–Kier alpha value is -0.0800. The minimum Gasteiger partial charge on any atom is -0.330 e. The molecule has 1 fully saturated rings. The summed E-state index contributed by atoms with van der Waals surface area (Å²) in [7, 11) is 0. The SMILES string of the molecule is CC1CCCN(CCCN)CC1. The van der Waals surface area contributed by atoms with E-state index in [-0.39, 0.29) is 0 Å². The summed E-state index contributed by atoms with van der Waals surface area (Å²) in [4.78, 5) is 2.57. The highest BCUT2D eigenvalue weighted by molar-refractivity contribution is 4.67. The molecule has 0 aromatic carbocycles. The van der Waals surface area contributed by atoms with Crippen molar-refractivity contribution in [3.8, 4) is 0 Å². The fourth-order valence-corrected chi connectivity index (χ4v) is 1.86. The summed E-state index contributed by atoms with van der Waals surface area (Å²) < 4.78 is 0. The van der Waals surface area contributed by atoms with E-state index in [1.54, 1.807) is 0 Å². The van der Waals surface area contributed by atoms with Gasteiger partial charge in [0.15, 0.2) is 0 Å². The van der Waals surface area contributed by atoms with Crippen LogP contribution in [-0.2, 0) is 0 Å². The van der Waals surface area contributed by atoms with Crippen LogP contribution in [0, 0.1) is 5.92 Å². The summed E-state index contributed by atoms with van der Waals surface area (Å²) in [5, 5.41) is 0. The Balaban J connectivity index is 2.17. The van der Waals surface area contributed by atoms with E-state index in [0.29, 0.717) is 0 Å². The number of hydrogen-bond donors (Lipinski definition) is 1. The lowest BCUT2D eigenvalue weighted by Crippen LogP contribution is -2.27. The van der Waals surface area contributed by atoms with Crippen LogP contribution in [0.4, 0.5) is 0 Å². The van der Waals surface area contributed by atoms with Gasteiger partial charge in [0.1, 0.15) is 0 Å². The number of hydrogen-bond acceptors (Lipinski definition) is 2. The lowest BCUT2D eigenvalue weighted by molar-refractivity contribution is 0.280. The predicted octanol–water partition coefficient (Wildman–Crippen LogP) is 1.46. The molecule has 0 bridgehead atoms. The second kappa shape index (κ2) is 5.55. The van der Waals surface area contributed by atoms with E-state index in [1.165, 1.54) is 38.9 Å². The average molecular weight is 170 g/mol. The van der Waals surface area contributed by atoms with Gasteiger partial charge in [0.25, 0.3) is 0 Å². The van der Waals surface area contributed by atoms with E-state index >= 15 is 0 Å². The van der Waals surface area contributed by atoms with Crippen molar-refractivity contribution >= 4 is 0 Å². The largest absolute Gasteiger partial charge is 0.330 e. The van der Waals surface area contributed by atoms with Gasteiger partial charge in [-0.15, -0.1) is 0 Å². The number of nitrogens with two attached hydrogens (primary N) is 1. The van der Waals surface area contributed by atoms with Gasteiger partial charge in [0, 0.05) is 0 Å². The average Bonchev–Trinajstić information content (AvgIpc) is 2.27. The van der Waals surface area contributed by atoms with Gasteiger partial charge < -0.3 is 10.6 Å². The Morgan fingerprint density at radius 1 is 1.33 bits per heavy atom. The highest BCUT2D eigenvalue weighted by Gasteiger charge is 2.12. The molecule has 2 nitrogen and oxygen atoms in total. The molecule has 0 aromatic heterocycles. The fraction of sp³-hybridized carbons (Fsp3) is 1.00. The summed E-state index contributed by atoms with van der Waals surface area (Å²) in [6, 6.07) is 0. The summed E-state index contributed by atoms with van der Waals surface area (Å²) in [5.41, 5.74) is 5.49. The fourth-order valence-electron chi connectivity index (χ4n) is 1.86. The third kappa shape index (κ3) is 3.55. The minimum absolute atomic E-state index is 0.839. The Bertz CT molecular complexity index is 112. The van der Waals surface area contributed by atoms with Crippen molar-refractivity contribution in [2.75, 3.05) is 26.2 Å². The first-order chi connectivity index (χ1) is 5.83. The Kier molecular flexibility index (Phi) is 4.62. The first-order valence-corrected chi connectivity index (χ1v) is 5.25. The Morgan fingerprint density at radius 2 is 2.17 bits per heavy atom. The minimum atomic E-state index is 0.839. The molecule has 0 spiro atoms. The molecule has 0 amide bonds. The van der Waals surface area contributed by atoms with Crippen LogP contribution in [-0.4, -0.2) is 31.1 Å². The van der Waals surface area contributed by atoms with Gasteiger partial charge in [-0.05, 0) is 57.8 Å². The van der Waals surface area contributed by atoms with E-state index in [1.807, 2.05) is 0 Å². The predicted molar refractivity (Wildman–Crippen MR) is 53.1 cm³/mol. The second-order valence-corrected chi connectivity index (χ2v) is 4.02. The van der Waals surface area contributed by atoms with Crippen molar-refractivity contribution in [2.24, 2.45) is 11.7 Å². The van der Waals surface area contributed by atoms with Gasteiger partial charge in [-0.1, -0.05) is 6.92 Å². The zero-order valence-electron chi connectivity index (χ0n) is 8.26. The first-order valence-electron chi connectivity index (χ1n) is 5.25. The lowest BCUT2D eigenvalue weighted by Gasteiger charge is -2.18. The molecule has 1 unspecified atom stereocenters. The van der Waals surface area contributed by atoms with Crippen molar-refractivity contribution in [3.05, 3.63) is 0 Å². The van der Waals surface area contributed by atoms with E-state index < -0.39 is 0 Å². The smallest absolute Gasteiger partial charge is 0.000672 e. The molecule has 1 aliphatic heterocycles. The lowest BCUT2D eigenvalue weighted by atomic mass is 10.0. The van der Waals surface area contributed by atoms with Crippen LogP contribution in [0.25, 0.3) is 0 Å². The zero-order valence-corrected chi connectivity index (χ0v) is 8.26. The summed E-state index contributed by atoms with van der Waals surface area (Å²) in [6.45, 7) is 7.01. The van der Waals surface area contributed by atoms with E-state index in [4.69, 9.17) is 5.73 Å². The molecule has 72 valence electrons. The third-order valence-corrected chi connectivity index (χ3v) is 2.79. The monoisotopic (exact) mass is 170 g/mol. The van der Waals surface area contributed by atoms with E-state index in [9.17, 15) is 0 Å². The Labute approximate surface area is 76.1 Å². The van der Waals surface area contributed by atoms with Crippen molar-refractivity contribution in [2.45, 2.75) is 32.6 Å². The third-order valence-electron chi connectivity index (χ3n) is 2.79. The van der Waals surface area contributed by atoms with Gasteiger partial charge in [0.05, 0.1) is 0 Å². The molecule has 0 saturated carbocycles. The zero-order chi connectivity index (χ0) is 8.81. The van der Waals surface area contributed by atoms with Crippen molar-refractivity contribution < 1.29 is 0 Å². The number of nitrogens with zero attached hydrogens (tertiary/aromatic N) is 1. The van der Waals surface area contributed by atoms with Crippen LogP contribution < -0.4 is 5.73 Å². The molecule has 1 heterocycles. The highest BCUT2D eigenvalue weighted by Crippen LogP contribution is 2.16. The van der Waals surface area contributed by atoms with Crippen LogP contribution in [0.2, 0.25) is 0 Å². The topological polar surface area (TPSA) is 29.3 Å². The maximum Gasteiger partial charge on any atom is -0.000672 e. The van der Waals surface area contributed by atoms with Crippen molar-refractivity contribution in [1.29, 1.82) is 0 Å². The molecule has 1 atom stereocenters. The van der Waals surface area contributed by atoms with Crippen molar-refractivity contribution in [1.82, 2.24) is 4.90 Å². The molecule has 2 N–H and O–H groups in total. The molecule has 1 saturated heterocycles. The summed E-state index contributed by atoms with van der Waals surface area (Å²) >= 11 is 0. The second-order valence-electron chi connectivity index (χ2n) is 4.02. The molecule has 2 heteroatoms. The molecule has 0 aliphatic carbocycles. The molecule has 12 heavy (non-hydrogen) atoms. The summed E-state index contributed by atoms with van der Waals surface area (Å²) in [5.74, 6) is 0.938. The first kappa shape index (κ1) is 10.0. The van der Waals surface area contributed by atoms with E-state index in [2.05, 4.69) is 11.8 Å². The van der Waals surface area contributed by atoms with Crippen LogP contribution in [0.1, 0.15) is 32.6 Å². The van der Waals surface area contributed by atoms with Crippen LogP contribution in [0.5, 0.6) is 0 Å². The highest BCUT2D eigenvalue weighted by atomic mass is 15.1. The number of rotatable bonds is 3. The normalized spacial score (nSPS) is 27.0. The van der Waals surface area contributed by atoms with Gasteiger partial charge >= 0.3 is 0 Å². The van der Waals surface area contributed by atoms with Gasteiger partial charge in [-0.2, -0.15) is 0 Å². The molecular formula is C10H22N2. The van der Waals surface area contributed by atoms with Crippen LogP contribution >= 0.6 is 0 Å². The van der Waals surface area contributed by atoms with Crippen LogP contribution in [0.3, 0.4) is 0 Å². The maximum absolute atomic E-state index is 5.49. The quantitative estimate of drug-likeness (QED) is 0.695. The molecule has 1 aliphatic rings. The molecule has 1 rings (SSSR count). The Morgan fingerprint density at radius 3 is 2.92 bits per heavy atom. The van der Waals surface area contributed by atoms with Crippen LogP contribution in [0.15, 0.2) is 0 Å². The van der Waals surface area contributed by atoms with Gasteiger partial charge in [-0.3, -0.25) is 0 Å². The number of likely N-dealkylation sites (tertiary alicyclic amines) is 1. The maximum atomic E-state index is 5.49. The summed E-state index contributed by atoms with van der Waals surface area (Å²) in [6.07, 6.45) is 5.34. The van der Waals surface area contributed by atoms with Crippen molar-refractivity contribution in [3.63, 3.8) is 0 Å². The van der Waals surface area contributed by atoms with Gasteiger partial charge in [0.2, 0.25) is 0 Å². The molecule has 0 aromatic rings. The standard InChI is InChI=1S/C10H22N2/c1-10-4-2-7-12(9-5-10)8-3-6-11/h10H,2-9,11H2,1H3. The molecule has 0 radical (unpaired) electrons. The van der Waals surface area contributed by atoms with E-state index in [0.717, 1.165) is 18.9 Å². The van der Waals surface area contributed by atoms with Gasteiger partial charge in [-0.25, -0.2) is 0 Å². The molecular weight excluding hydrogens is 148 g/mol.